The smallest absolute Gasteiger partial charge is 0.228 e. The summed E-state index contributed by atoms with van der Waals surface area (Å²) in [6.45, 7) is 9.48. The lowest BCUT2D eigenvalue weighted by Gasteiger charge is -2.23. The molecule has 0 bridgehead atoms. The Morgan fingerprint density at radius 1 is 1.05 bits per heavy atom. The van der Waals surface area contributed by atoms with Gasteiger partial charge in [-0.15, -0.1) is 0 Å². The molecule has 0 saturated carbocycles. The normalized spacial score (nSPS) is 13.9. The minimum atomic E-state index is 0.400. The summed E-state index contributed by atoms with van der Waals surface area (Å²) < 4.78 is 0. The molecule has 0 aliphatic rings. The summed E-state index contributed by atoms with van der Waals surface area (Å²) >= 11 is 1.53. The molecule has 108 valence electrons. The van der Waals surface area contributed by atoms with Crippen molar-refractivity contribution in [3.05, 3.63) is 0 Å². The molecule has 0 aliphatic heterocycles. The zero-order valence-corrected chi connectivity index (χ0v) is 13.3. The molecule has 6 heteroatoms. The van der Waals surface area contributed by atoms with Gasteiger partial charge in [0.1, 0.15) is 0 Å². The van der Waals surface area contributed by atoms with Crippen LogP contribution in [0.25, 0.3) is 0 Å². The SMILES string of the molecule is CCNc1nc(NC(CC)C(C)CC)nc(SC)n1. The molecule has 0 saturated heterocycles. The zero-order valence-electron chi connectivity index (χ0n) is 12.5. The van der Waals surface area contributed by atoms with Crippen molar-refractivity contribution < 1.29 is 0 Å². The van der Waals surface area contributed by atoms with Crippen molar-refractivity contribution in [1.29, 1.82) is 0 Å². The van der Waals surface area contributed by atoms with Crippen LogP contribution in [-0.4, -0.2) is 33.8 Å². The fraction of sp³-hybridized carbons (Fsp3) is 0.769. The van der Waals surface area contributed by atoms with Crippen LogP contribution in [0, 0.1) is 5.92 Å². The van der Waals surface area contributed by atoms with E-state index < -0.39 is 0 Å². The Kier molecular flexibility index (Phi) is 6.91. The second-order valence-electron chi connectivity index (χ2n) is 4.54. The average Bonchev–Trinajstić information content (AvgIpc) is 2.44. The van der Waals surface area contributed by atoms with Gasteiger partial charge in [-0.25, -0.2) is 0 Å². The Morgan fingerprint density at radius 3 is 2.26 bits per heavy atom. The molecule has 2 N–H and O–H groups in total. The highest BCUT2D eigenvalue weighted by molar-refractivity contribution is 7.98. The maximum Gasteiger partial charge on any atom is 0.228 e. The van der Waals surface area contributed by atoms with Crippen LogP contribution in [0.15, 0.2) is 5.16 Å². The molecule has 5 nitrogen and oxygen atoms in total. The lowest BCUT2D eigenvalue weighted by atomic mass is 9.97. The van der Waals surface area contributed by atoms with Crippen LogP contribution in [0.2, 0.25) is 0 Å². The Bertz CT molecular complexity index is 385. The molecule has 19 heavy (non-hydrogen) atoms. The number of rotatable bonds is 8. The molecular formula is C13H25N5S. The van der Waals surface area contributed by atoms with Crippen molar-refractivity contribution in [1.82, 2.24) is 15.0 Å². The number of nitrogens with zero attached hydrogens (tertiary/aromatic N) is 3. The summed E-state index contributed by atoms with van der Waals surface area (Å²) in [6.07, 6.45) is 4.18. The molecule has 0 fully saturated rings. The van der Waals surface area contributed by atoms with E-state index in [1.807, 2.05) is 13.2 Å². The van der Waals surface area contributed by atoms with Crippen LogP contribution in [-0.2, 0) is 0 Å². The highest BCUT2D eigenvalue weighted by atomic mass is 32.2. The summed E-state index contributed by atoms with van der Waals surface area (Å²) in [5.74, 6) is 1.91. The summed E-state index contributed by atoms with van der Waals surface area (Å²) in [5.41, 5.74) is 0. The second-order valence-corrected chi connectivity index (χ2v) is 5.32. The molecule has 1 aromatic heterocycles. The molecule has 0 aromatic carbocycles. The highest BCUT2D eigenvalue weighted by Crippen LogP contribution is 2.18. The van der Waals surface area contributed by atoms with E-state index in [9.17, 15) is 0 Å². The Morgan fingerprint density at radius 2 is 1.74 bits per heavy atom. The summed E-state index contributed by atoms with van der Waals surface area (Å²) in [5, 5.41) is 7.32. The van der Waals surface area contributed by atoms with Gasteiger partial charge < -0.3 is 10.6 Å². The largest absolute Gasteiger partial charge is 0.354 e. The first-order valence-corrected chi connectivity index (χ1v) is 8.17. The van der Waals surface area contributed by atoms with Crippen molar-refractivity contribution >= 4 is 23.7 Å². The third-order valence-electron chi connectivity index (χ3n) is 3.22. The second kappa shape index (κ2) is 8.19. The van der Waals surface area contributed by atoms with E-state index in [1.165, 1.54) is 11.8 Å². The zero-order chi connectivity index (χ0) is 14.3. The first-order valence-electron chi connectivity index (χ1n) is 6.94. The molecule has 1 heterocycles. The van der Waals surface area contributed by atoms with Gasteiger partial charge in [0.05, 0.1) is 0 Å². The Balaban J connectivity index is 2.88. The maximum atomic E-state index is 4.43. The van der Waals surface area contributed by atoms with Crippen molar-refractivity contribution in [2.45, 2.75) is 51.7 Å². The third kappa shape index (κ3) is 4.86. The lowest BCUT2D eigenvalue weighted by molar-refractivity contribution is 0.455. The molecule has 1 rings (SSSR count). The number of hydrogen-bond acceptors (Lipinski definition) is 6. The predicted octanol–water partition coefficient (Wildman–Crippen LogP) is 3.26. The van der Waals surface area contributed by atoms with Gasteiger partial charge in [0.25, 0.3) is 0 Å². The summed E-state index contributed by atoms with van der Waals surface area (Å²) in [7, 11) is 0. The van der Waals surface area contributed by atoms with Gasteiger partial charge in [-0.2, -0.15) is 15.0 Å². The molecule has 2 atom stereocenters. The standard InChI is InChI=1S/C13H25N5S/c1-6-9(4)10(7-2)15-12-16-11(14-8-3)17-13(18-12)19-5/h9-10H,6-8H2,1-5H3,(H2,14,15,16,17,18). The van der Waals surface area contributed by atoms with Crippen molar-refractivity contribution in [2.24, 2.45) is 5.92 Å². The van der Waals surface area contributed by atoms with E-state index in [1.54, 1.807) is 0 Å². The number of thioether (sulfide) groups is 1. The number of anilines is 2. The van der Waals surface area contributed by atoms with E-state index in [0.717, 1.165) is 24.5 Å². The van der Waals surface area contributed by atoms with Crippen LogP contribution in [0.5, 0.6) is 0 Å². The van der Waals surface area contributed by atoms with E-state index >= 15 is 0 Å². The van der Waals surface area contributed by atoms with E-state index in [-0.39, 0.29) is 0 Å². The number of nitrogens with one attached hydrogen (secondary N) is 2. The molecule has 1 aromatic rings. The first kappa shape index (κ1) is 16.0. The maximum absolute atomic E-state index is 4.43. The molecule has 0 aliphatic carbocycles. The molecule has 0 spiro atoms. The minimum absolute atomic E-state index is 0.400. The predicted molar refractivity (Wildman–Crippen MR) is 82.9 cm³/mol. The quantitative estimate of drug-likeness (QED) is 0.714. The summed E-state index contributed by atoms with van der Waals surface area (Å²) in [4.78, 5) is 13.2. The van der Waals surface area contributed by atoms with E-state index in [4.69, 9.17) is 0 Å². The molecular weight excluding hydrogens is 258 g/mol. The Labute approximate surface area is 120 Å². The van der Waals surface area contributed by atoms with E-state index in [2.05, 4.69) is 46.4 Å². The van der Waals surface area contributed by atoms with Crippen molar-refractivity contribution in [3.8, 4) is 0 Å². The van der Waals surface area contributed by atoms with E-state index in [0.29, 0.717) is 23.9 Å². The van der Waals surface area contributed by atoms with Crippen LogP contribution in [0.3, 0.4) is 0 Å². The number of aromatic nitrogens is 3. The van der Waals surface area contributed by atoms with Crippen LogP contribution >= 0.6 is 11.8 Å². The van der Waals surface area contributed by atoms with Gasteiger partial charge in [0.2, 0.25) is 11.9 Å². The van der Waals surface area contributed by atoms with Gasteiger partial charge in [0.15, 0.2) is 5.16 Å². The topological polar surface area (TPSA) is 62.7 Å². The lowest BCUT2D eigenvalue weighted by Crippen LogP contribution is -2.27. The Hall–Kier alpha value is -1.04. The first-order chi connectivity index (χ1) is 9.14. The fourth-order valence-corrected chi connectivity index (χ4v) is 2.20. The van der Waals surface area contributed by atoms with Crippen molar-refractivity contribution in [3.63, 3.8) is 0 Å². The fourth-order valence-electron chi connectivity index (χ4n) is 1.85. The van der Waals surface area contributed by atoms with Crippen LogP contribution in [0.1, 0.15) is 40.5 Å². The summed E-state index contributed by atoms with van der Waals surface area (Å²) in [6, 6.07) is 0.400. The van der Waals surface area contributed by atoms with Gasteiger partial charge >= 0.3 is 0 Å². The van der Waals surface area contributed by atoms with Crippen LogP contribution in [0.4, 0.5) is 11.9 Å². The molecule has 0 amide bonds. The van der Waals surface area contributed by atoms with Crippen molar-refractivity contribution in [2.75, 3.05) is 23.4 Å². The van der Waals surface area contributed by atoms with Gasteiger partial charge in [-0.05, 0) is 25.5 Å². The third-order valence-corrected chi connectivity index (χ3v) is 3.77. The number of hydrogen-bond donors (Lipinski definition) is 2. The monoisotopic (exact) mass is 283 g/mol. The van der Waals surface area contributed by atoms with Gasteiger partial charge in [-0.3, -0.25) is 0 Å². The van der Waals surface area contributed by atoms with Gasteiger partial charge in [-0.1, -0.05) is 39.0 Å². The minimum Gasteiger partial charge on any atom is -0.354 e. The van der Waals surface area contributed by atoms with Gasteiger partial charge in [0, 0.05) is 12.6 Å². The molecule has 0 radical (unpaired) electrons. The van der Waals surface area contributed by atoms with Crippen LogP contribution < -0.4 is 10.6 Å². The average molecular weight is 283 g/mol. The molecule has 2 unspecified atom stereocenters. The highest BCUT2D eigenvalue weighted by Gasteiger charge is 2.15.